The minimum absolute atomic E-state index is 0.0774. The first-order chi connectivity index (χ1) is 17.4. The molecule has 5 rings (SSSR count). The summed E-state index contributed by atoms with van der Waals surface area (Å²) >= 11 is -1.42. The van der Waals surface area contributed by atoms with Gasteiger partial charge in [0.05, 0.1) is 30.8 Å². The van der Waals surface area contributed by atoms with Crippen molar-refractivity contribution in [1.82, 2.24) is 14.9 Å². The molecular formula is C25H25FN6O3S. The first-order valence-electron chi connectivity index (χ1n) is 11.6. The molecule has 0 bridgehead atoms. The van der Waals surface area contributed by atoms with Crippen LogP contribution in [0.1, 0.15) is 17.7 Å². The number of anilines is 2. The average molecular weight is 509 g/mol. The summed E-state index contributed by atoms with van der Waals surface area (Å²) in [6.07, 6.45) is 1.18. The summed E-state index contributed by atoms with van der Waals surface area (Å²) < 4.78 is 26.8. The molecule has 0 radical (unpaired) electrons. The number of carbonyl (C=O) groups is 1. The number of fused-ring (bicyclic) bond motifs is 2. The van der Waals surface area contributed by atoms with E-state index < -0.39 is 23.3 Å². The van der Waals surface area contributed by atoms with Gasteiger partial charge in [0, 0.05) is 59.4 Å². The Morgan fingerprint density at radius 2 is 1.97 bits per heavy atom. The Labute approximate surface area is 210 Å². The van der Waals surface area contributed by atoms with Crippen LogP contribution < -0.4 is 9.80 Å². The minimum atomic E-state index is -1.42. The van der Waals surface area contributed by atoms with Crippen molar-refractivity contribution in [2.75, 3.05) is 42.2 Å². The monoisotopic (exact) mass is 508 g/mol. The third kappa shape index (κ3) is 4.38. The van der Waals surface area contributed by atoms with Gasteiger partial charge in [0.2, 0.25) is 0 Å². The smallest absolute Gasteiger partial charge is 0.407 e. The molecule has 2 aliphatic rings. The zero-order valence-corrected chi connectivity index (χ0v) is 20.5. The van der Waals surface area contributed by atoms with E-state index in [0.29, 0.717) is 43.8 Å². The molecule has 0 saturated carbocycles. The molecule has 2 atom stereocenters. The van der Waals surface area contributed by atoms with Crippen molar-refractivity contribution >= 4 is 39.5 Å². The van der Waals surface area contributed by atoms with Gasteiger partial charge in [-0.3, -0.25) is 0 Å². The van der Waals surface area contributed by atoms with Crippen LogP contribution in [-0.2, 0) is 24.1 Å². The summed E-state index contributed by atoms with van der Waals surface area (Å²) in [6.45, 7) is 2.09. The second kappa shape index (κ2) is 9.79. The number of nitrogens with zero attached hydrogens (tertiary/aromatic N) is 6. The fourth-order valence-corrected chi connectivity index (χ4v) is 5.54. The van der Waals surface area contributed by atoms with Crippen molar-refractivity contribution in [3.63, 3.8) is 0 Å². The van der Waals surface area contributed by atoms with E-state index in [2.05, 4.69) is 20.9 Å². The fourth-order valence-electron chi connectivity index (χ4n) is 5.09. The molecule has 3 aromatic rings. The molecule has 1 N–H and O–H groups in total. The van der Waals surface area contributed by atoms with E-state index in [9.17, 15) is 24.1 Å². The molecule has 2 aliphatic heterocycles. The highest BCUT2D eigenvalue weighted by Gasteiger charge is 2.34. The van der Waals surface area contributed by atoms with Crippen molar-refractivity contribution in [3.05, 3.63) is 53.5 Å². The van der Waals surface area contributed by atoms with Crippen molar-refractivity contribution in [3.8, 4) is 6.07 Å². The number of nitriles is 1. The molecular weight excluding hydrogens is 483 g/mol. The molecule has 2 aromatic carbocycles. The predicted molar refractivity (Wildman–Crippen MR) is 134 cm³/mol. The van der Waals surface area contributed by atoms with Gasteiger partial charge in [0.1, 0.15) is 17.9 Å². The molecule has 2 unspecified atom stereocenters. The van der Waals surface area contributed by atoms with Gasteiger partial charge in [0.15, 0.2) is 0 Å². The molecule has 0 spiro atoms. The Morgan fingerprint density at radius 1 is 1.19 bits per heavy atom. The second-order valence-corrected chi connectivity index (χ2v) is 10.2. The maximum absolute atomic E-state index is 14.4. The number of rotatable bonds is 4. The predicted octanol–water partition coefficient (Wildman–Crippen LogP) is 3.15. The van der Waals surface area contributed by atoms with Gasteiger partial charge in [-0.2, -0.15) is 15.2 Å². The van der Waals surface area contributed by atoms with Crippen LogP contribution >= 0.6 is 0 Å². The number of piperazine rings is 1. The van der Waals surface area contributed by atoms with E-state index in [-0.39, 0.29) is 23.9 Å². The van der Waals surface area contributed by atoms with Crippen LogP contribution in [0.5, 0.6) is 0 Å². The molecule has 1 saturated heterocycles. The molecule has 1 amide bonds. The van der Waals surface area contributed by atoms with E-state index in [4.69, 9.17) is 0 Å². The summed E-state index contributed by atoms with van der Waals surface area (Å²) in [5.74, 6) is 0.384. The summed E-state index contributed by atoms with van der Waals surface area (Å²) in [4.78, 5) is 26.3. The number of halogens is 1. The Hall–Kier alpha value is -3.62. The lowest BCUT2D eigenvalue weighted by molar-refractivity contribution is 0.119. The Kier molecular flexibility index (Phi) is 6.55. The van der Waals surface area contributed by atoms with E-state index in [0.717, 1.165) is 22.3 Å². The summed E-state index contributed by atoms with van der Waals surface area (Å²) in [5, 5.41) is 20.4. The van der Waals surface area contributed by atoms with Gasteiger partial charge in [0.25, 0.3) is 0 Å². The van der Waals surface area contributed by atoms with Crippen molar-refractivity contribution in [2.24, 2.45) is 0 Å². The molecule has 1 aromatic heterocycles. The molecule has 3 heterocycles. The Bertz CT molecular complexity index is 1360. The van der Waals surface area contributed by atoms with Crippen molar-refractivity contribution < 1.29 is 18.8 Å². The zero-order chi connectivity index (χ0) is 25.4. The third-order valence-corrected chi connectivity index (χ3v) is 7.52. The standard InChI is InChI=1S/C25H25FN6O3S/c1-36(35)24-28-21-15-30(22-7-6-20(26)17-4-2-3-5-18(17)22)11-9-19(21)23(29-24)31-12-13-32(25(33)34)16(14-31)8-10-27/h2-7,16H,8-9,11-15H2,1H3,(H,33,34). The topological polar surface area (TPSA) is 120 Å². The highest BCUT2D eigenvalue weighted by atomic mass is 32.2. The number of carboxylic acid groups (broad SMARTS) is 1. The lowest BCUT2D eigenvalue weighted by atomic mass is 10.0. The quantitative estimate of drug-likeness (QED) is 0.422. The molecule has 186 valence electrons. The molecule has 1 fully saturated rings. The number of hydrogen-bond donors (Lipinski definition) is 1. The highest BCUT2D eigenvalue weighted by molar-refractivity contribution is 7.90. The maximum Gasteiger partial charge on any atom is 0.407 e. The van der Waals surface area contributed by atoms with Crippen molar-refractivity contribution in [2.45, 2.75) is 30.6 Å². The van der Waals surface area contributed by atoms with Gasteiger partial charge >= 0.3 is 11.2 Å². The molecule has 11 heteroatoms. The summed E-state index contributed by atoms with van der Waals surface area (Å²) in [5.41, 5.74) is 2.59. The maximum atomic E-state index is 14.4. The largest absolute Gasteiger partial charge is 0.609 e. The van der Waals surface area contributed by atoms with E-state index in [1.54, 1.807) is 12.1 Å². The first-order valence-corrected chi connectivity index (χ1v) is 13.2. The van der Waals surface area contributed by atoms with Crippen LogP contribution in [0, 0.1) is 17.1 Å². The number of amides is 1. The first kappa shape index (κ1) is 24.1. The highest BCUT2D eigenvalue weighted by Crippen LogP contribution is 2.35. The third-order valence-electron chi connectivity index (χ3n) is 6.82. The zero-order valence-electron chi connectivity index (χ0n) is 19.7. The van der Waals surface area contributed by atoms with Crippen LogP contribution in [0.3, 0.4) is 0 Å². The fraction of sp³-hybridized carbons (Fsp3) is 0.360. The Balaban J connectivity index is 1.51. The lowest BCUT2D eigenvalue weighted by Crippen LogP contribution is -2.55. The van der Waals surface area contributed by atoms with Gasteiger partial charge in [-0.1, -0.05) is 24.3 Å². The van der Waals surface area contributed by atoms with Crippen LogP contribution in [0.25, 0.3) is 10.8 Å². The lowest BCUT2D eigenvalue weighted by Gasteiger charge is -2.41. The molecule has 0 aliphatic carbocycles. The summed E-state index contributed by atoms with van der Waals surface area (Å²) in [7, 11) is 0. The second-order valence-electron chi connectivity index (χ2n) is 8.93. The summed E-state index contributed by atoms with van der Waals surface area (Å²) in [6, 6.07) is 12.2. The van der Waals surface area contributed by atoms with Gasteiger partial charge in [-0.05, 0) is 18.6 Å². The average Bonchev–Trinajstić information content (AvgIpc) is 2.88. The van der Waals surface area contributed by atoms with E-state index in [1.165, 1.54) is 17.2 Å². The SMILES string of the molecule is C[S+]([O-])c1nc2c(c(N3CCN(C(=O)O)C(CC#N)C3)n1)CCN(c1ccc(F)c3ccccc13)C2. The minimum Gasteiger partial charge on any atom is -0.609 e. The van der Waals surface area contributed by atoms with E-state index in [1.807, 2.05) is 23.1 Å². The molecule has 36 heavy (non-hydrogen) atoms. The van der Waals surface area contributed by atoms with Crippen LogP contribution in [0.15, 0.2) is 41.6 Å². The van der Waals surface area contributed by atoms with Crippen LogP contribution in [0.4, 0.5) is 20.7 Å². The van der Waals surface area contributed by atoms with Crippen LogP contribution in [0.2, 0.25) is 0 Å². The van der Waals surface area contributed by atoms with E-state index >= 15 is 0 Å². The molecule has 9 nitrogen and oxygen atoms in total. The number of benzene rings is 2. The van der Waals surface area contributed by atoms with Gasteiger partial charge in [-0.15, -0.1) is 0 Å². The normalized spacial score (nSPS) is 18.6. The van der Waals surface area contributed by atoms with Gasteiger partial charge in [-0.25, -0.2) is 9.18 Å². The van der Waals surface area contributed by atoms with Gasteiger partial charge < -0.3 is 24.4 Å². The number of hydrogen-bond acceptors (Lipinski definition) is 7. The number of aromatic nitrogens is 2. The van der Waals surface area contributed by atoms with Crippen LogP contribution in [-0.4, -0.2) is 69.1 Å². The van der Waals surface area contributed by atoms with Crippen molar-refractivity contribution in [1.29, 1.82) is 5.26 Å². The Morgan fingerprint density at radius 3 is 2.69 bits per heavy atom.